The number of carbonyl (C=O) groups excluding carboxylic acids is 2. The van der Waals surface area contributed by atoms with Gasteiger partial charge in [-0.2, -0.15) is 0 Å². The van der Waals surface area contributed by atoms with E-state index in [0.29, 0.717) is 6.54 Å². The quantitative estimate of drug-likeness (QED) is 0.734. The number of nitrogens with zero attached hydrogens (tertiary/aromatic N) is 1. The zero-order chi connectivity index (χ0) is 22.5. The Morgan fingerprint density at radius 3 is 2.53 bits per heavy atom. The first-order valence-electron chi connectivity index (χ1n) is 11.6. The van der Waals surface area contributed by atoms with Gasteiger partial charge < -0.3 is 20.3 Å². The maximum absolute atomic E-state index is 13.3. The van der Waals surface area contributed by atoms with Gasteiger partial charge in [-0.3, -0.25) is 4.79 Å². The highest BCUT2D eigenvalue weighted by molar-refractivity contribution is 5.96. The summed E-state index contributed by atoms with van der Waals surface area (Å²) in [6, 6.07) is 14.0. The predicted octanol–water partition coefficient (Wildman–Crippen LogP) is 4.34. The molecule has 0 spiro atoms. The van der Waals surface area contributed by atoms with Crippen LogP contribution in [0.25, 0.3) is 0 Å². The monoisotopic (exact) mass is 435 g/mol. The van der Waals surface area contributed by atoms with Crippen LogP contribution in [0.3, 0.4) is 0 Å². The largest absolute Gasteiger partial charge is 0.497 e. The number of hydrogen-bond donors (Lipinski definition) is 2. The third-order valence-corrected chi connectivity index (χ3v) is 6.65. The number of carbonyl (C=O) groups is 2. The number of fused-ring (bicyclic) bond motifs is 1. The van der Waals surface area contributed by atoms with Crippen LogP contribution >= 0.6 is 0 Å². The zero-order valence-electron chi connectivity index (χ0n) is 19.0. The molecule has 2 aromatic carbocycles. The van der Waals surface area contributed by atoms with E-state index in [1.54, 1.807) is 7.11 Å². The summed E-state index contributed by atoms with van der Waals surface area (Å²) in [4.78, 5) is 27.6. The lowest BCUT2D eigenvalue weighted by Gasteiger charge is -2.35. The molecule has 3 amide bonds. The minimum Gasteiger partial charge on any atom is -0.497 e. The van der Waals surface area contributed by atoms with Gasteiger partial charge in [-0.15, -0.1) is 0 Å². The smallest absolute Gasteiger partial charge is 0.315 e. The van der Waals surface area contributed by atoms with Gasteiger partial charge in [0.1, 0.15) is 5.75 Å². The van der Waals surface area contributed by atoms with E-state index < -0.39 is 0 Å². The molecule has 1 fully saturated rings. The molecule has 2 N–H and O–H groups in total. The molecule has 0 atom stereocenters. The fourth-order valence-corrected chi connectivity index (χ4v) is 4.78. The van der Waals surface area contributed by atoms with Crippen LogP contribution in [-0.2, 0) is 17.8 Å². The Morgan fingerprint density at radius 1 is 1.06 bits per heavy atom. The van der Waals surface area contributed by atoms with E-state index in [2.05, 4.69) is 35.8 Å². The van der Waals surface area contributed by atoms with E-state index >= 15 is 0 Å². The molecule has 2 aliphatic rings. The van der Waals surface area contributed by atoms with Crippen LogP contribution in [0, 0.1) is 12.8 Å². The Balaban J connectivity index is 1.25. The lowest BCUT2D eigenvalue weighted by Crippen LogP contribution is -2.46. The van der Waals surface area contributed by atoms with E-state index in [9.17, 15) is 9.59 Å². The van der Waals surface area contributed by atoms with Crippen molar-refractivity contribution in [1.29, 1.82) is 0 Å². The van der Waals surface area contributed by atoms with Crippen LogP contribution in [0.4, 0.5) is 10.5 Å². The molecule has 0 bridgehead atoms. The van der Waals surface area contributed by atoms with Gasteiger partial charge in [0, 0.05) is 30.7 Å². The molecule has 0 saturated heterocycles. The lowest BCUT2D eigenvalue weighted by molar-refractivity contribution is -0.123. The maximum Gasteiger partial charge on any atom is 0.315 e. The number of nitrogens with one attached hydrogen (secondary N) is 2. The molecule has 0 unspecified atom stereocenters. The van der Waals surface area contributed by atoms with Gasteiger partial charge in [-0.1, -0.05) is 24.3 Å². The van der Waals surface area contributed by atoms with Crippen molar-refractivity contribution in [2.45, 2.75) is 58.0 Å². The molecular formula is C26H33N3O3. The second-order valence-electron chi connectivity index (χ2n) is 8.95. The topological polar surface area (TPSA) is 70.7 Å². The molecule has 0 radical (unpaired) electrons. The van der Waals surface area contributed by atoms with Gasteiger partial charge in [0.2, 0.25) is 5.91 Å². The first-order chi connectivity index (χ1) is 15.5. The summed E-state index contributed by atoms with van der Waals surface area (Å²) >= 11 is 0. The number of anilines is 1. The second-order valence-corrected chi connectivity index (χ2v) is 8.95. The number of urea groups is 1. The summed E-state index contributed by atoms with van der Waals surface area (Å²) < 4.78 is 5.16. The molecule has 2 aromatic rings. The van der Waals surface area contributed by atoms with Crippen molar-refractivity contribution in [1.82, 2.24) is 10.6 Å². The van der Waals surface area contributed by atoms with Crippen LogP contribution in [-0.4, -0.2) is 31.6 Å². The van der Waals surface area contributed by atoms with Gasteiger partial charge >= 0.3 is 6.03 Å². The number of amides is 3. The van der Waals surface area contributed by atoms with Crippen molar-refractivity contribution in [3.63, 3.8) is 0 Å². The van der Waals surface area contributed by atoms with E-state index in [0.717, 1.165) is 62.1 Å². The van der Waals surface area contributed by atoms with E-state index in [4.69, 9.17) is 4.74 Å². The van der Waals surface area contributed by atoms with Crippen LogP contribution < -0.4 is 20.3 Å². The Bertz CT molecular complexity index is 949. The van der Waals surface area contributed by atoms with E-state index in [1.165, 1.54) is 11.1 Å². The fourth-order valence-electron chi connectivity index (χ4n) is 4.78. The van der Waals surface area contributed by atoms with Crippen LogP contribution in [0.5, 0.6) is 5.75 Å². The lowest BCUT2D eigenvalue weighted by atomic mass is 9.84. The third kappa shape index (κ3) is 5.23. The highest BCUT2D eigenvalue weighted by Crippen LogP contribution is 2.33. The summed E-state index contributed by atoms with van der Waals surface area (Å²) in [5.41, 5.74) is 4.59. The van der Waals surface area contributed by atoms with Gasteiger partial charge in [-0.05, 0) is 80.3 Å². The summed E-state index contributed by atoms with van der Waals surface area (Å²) in [7, 11) is 1.63. The zero-order valence-corrected chi connectivity index (χ0v) is 19.0. The molecular weight excluding hydrogens is 402 g/mol. The molecule has 6 heteroatoms. The number of ether oxygens (including phenoxy) is 1. The molecule has 170 valence electrons. The summed E-state index contributed by atoms with van der Waals surface area (Å²) in [6.07, 6.45) is 5.37. The molecule has 1 heterocycles. The number of benzene rings is 2. The molecule has 1 saturated carbocycles. The van der Waals surface area contributed by atoms with Gasteiger partial charge in [0.05, 0.1) is 7.11 Å². The first-order valence-corrected chi connectivity index (χ1v) is 11.6. The number of aryl methyl sites for hydroxylation is 2. The summed E-state index contributed by atoms with van der Waals surface area (Å²) in [5.74, 6) is 1.09. The van der Waals surface area contributed by atoms with Gasteiger partial charge in [0.25, 0.3) is 0 Å². The average Bonchev–Trinajstić information content (AvgIpc) is 2.82. The summed E-state index contributed by atoms with van der Waals surface area (Å²) in [5, 5.41) is 5.99. The summed E-state index contributed by atoms with van der Waals surface area (Å²) in [6.45, 7) is 3.35. The fraction of sp³-hybridized carbons (Fsp3) is 0.462. The van der Waals surface area contributed by atoms with Crippen LogP contribution in [0.15, 0.2) is 42.5 Å². The van der Waals surface area contributed by atoms with Crippen molar-refractivity contribution < 1.29 is 14.3 Å². The second kappa shape index (κ2) is 10.1. The molecule has 6 nitrogen and oxygen atoms in total. The van der Waals surface area contributed by atoms with Crippen molar-refractivity contribution in [3.05, 3.63) is 59.2 Å². The molecule has 4 rings (SSSR count). The first kappa shape index (κ1) is 22.2. The van der Waals surface area contributed by atoms with E-state index in [1.807, 2.05) is 29.2 Å². The minimum absolute atomic E-state index is 0.0434. The SMILES string of the molecule is COc1ccc(CNC(=O)NC2CCC(C(=O)N3CCCc4ccc(C)cc43)CC2)cc1. The van der Waals surface area contributed by atoms with E-state index in [-0.39, 0.29) is 23.9 Å². The molecule has 0 aromatic heterocycles. The van der Waals surface area contributed by atoms with Crippen molar-refractivity contribution in [3.8, 4) is 5.75 Å². The average molecular weight is 436 g/mol. The van der Waals surface area contributed by atoms with Crippen molar-refractivity contribution in [2.75, 3.05) is 18.6 Å². The third-order valence-electron chi connectivity index (χ3n) is 6.65. The maximum atomic E-state index is 13.3. The highest BCUT2D eigenvalue weighted by Gasteiger charge is 2.32. The van der Waals surface area contributed by atoms with Crippen molar-refractivity contribution >= 4 is 17.6 Å². The van der Waals surface area contributed by atoms with Crippen molar-refractivity contribution in [2.24, 2.45) is 5.92 Å². The number of hydrogen-bond acceptors (Lipinski definition) is 3. The predicted molar refractivity (Wildman–Crippen MR) is 126 cm³/mol. The highest BCUT2D eigenvalue weighted by atomic mass is 16.5. The van der Waals surface area contributed by atoms with Gasteiger partial charge in [0.15, 0.2) is 0 Å². The normalized spacial score (nSPS) is 20.2. The van der Waals surface area contributed by atoms with Crippen LogP contribution in [0.2, 0.25) is 0 Å². The Hall–Kier alpha value is -3.02. The Kier molecular flexibility index (Phi) is 6.98. The Labute approximate surface area is 190 Å². The van der Waals surface area contributed by atoms with Gasteiger partial charge in [-0.25, -0.2) is 4.79 Å². The molecule has 32 heavy (non-hydrogen) atoms. The Morgan fingerprint density at radius 2 is 1.81 bits per heavy atom. The molecule has 1 aliphatic carbocycles. The minimum atomic E-state index is -0.156. The van der Waals surface area contributed by atoms with Crippen LogP contribution in [0.1, 0.15) is 48.8 Å². The number of methoxy groups -OCH3 is 1. The standard InChI is InChI=1S/C26H33N3O3/c1-18-5-8-20-4-3-15-29(24(20)16-18)25(30)21-9-11-22(12-10-21)28-26(31)27-17-19-6-13-23(32-2)14-7-19/h5-8,13-14,16,21-22H,3-4,9-12,15,17H2,1-2H3,(H2,27,28,31). The molecule has 1 aliphatic heterocycles. The number of rotatable bonds is 5.